The second-order valence-corrected chi connectivity index (χ2v) is 19.1. The van der Waals surface area contributed by atoms with Crippen LogP contribution in [-0.4, -0.2) is 99.5 Å². The molecule has 0 aromatic carbocycles. The molecular formula is C41H78N8O. The molecule has 288 valence electrons. The number of hydrogen-bond acceptors (Lipinski definition) is 9. The first-order chi connectivity index (χ1) is 23.3. The van der Waals surface area contributed by atoms with Crippen LogP contribution in [0.4, 0.5) is 11.9 Å². The zero-order valence-corrected chi connectivity index (χ0v) is 34.8. The summed E-state index contributed by atoms with van der Waals surface area (Å²) in [5.74, 6) is 2.66. The highest BCUT2D eigenvalue weighted by Gasteiger charge is 2.43. The van der Waals surface area contributed by atoms with Crippen LogP contribution in [0, 0.1) is 0 Å². The Morgan fingerprint density at radius 1 is 0.760 bits per heavy atom. The quantitative estimate of drug-likeness (QED) is 0.168. The van der Waals surface area contributed by atoms with E-state index in [0.29, 0.717) is 18.1 Å². The van der Waals surface area contributed by atoms with E-state index in [1.54, 1.807) is 0 Å². The normalized spacial score (nSPS) is 24.5. The highest BCUT2D eigenvalue weighted by molar-refractivity contribution is 5.42. The van der Waals surface area contributed by atoms with Gasteiger partial charge in [0.15, 0.2) is 0 Å². The molecule has 0 amide bonds. The third-order valence-electron chi connectivity index (χ3n) is 12.5. The Morgan fingerprint density at radius 3 is 1.90 bits per heavy atom. The maximum Gasteiger partial charge on any atom is 0.230 e. The van der Waals surface area contributed by atoms with Gasteiger partial charge in [0.25, 0.3) is 0 Å². The Morgan fingerprint density at radius 2 is 1.34 bits per heavy atom. The maximum absolute atomic E-state index is 5.71. The summed E-state index contributed by atoms with van der Waals surface area (Å²) in [7, 11) is 0. The van der Waals surface area contributed by atoms with Gasteiger partial charge < -0.3 is 25.2 Å². The molecule has 0 aliphatic carbocycles. The van der Waals surface area contributed by atoms with Crippen LogP contribution in [0.1, 0.15) is 166 Å². The highest BCUT2D eigenvalue weighted by atomic mass is 16.5. The fourth-order valence-electron chi connectivity index (χ4n) is 9.36. The van der Waals surface area contributed by atoms with Gasteiger partial charge in [0.05, 0.1) is 13.2 Å². The minimum atomic E-state index is -0.0813. The standard InChI is InChI=1S/C41H78N8O/c1-14-40(11,12)49(33-29-38(7,8)46-39(9,10)30-33)22-20-18-17-19-21-48(32-27-31(4)45-37(5,6)28-32)36-43-34(41(13,15-2)16-3)42-35(44-36)47-23-25-50-26-24-47/h31-33,45-46H,14-30H2,1-13H3. The van der Waals surface area contributed by atoms with Gasteiger partial charge in [0.2, 0.25) is 11.9 Å². The number of morpholine rings is 1. The molecule has 4 rings (SSSR count). The zero-order valence-electron chi connectivity index (χ0n) is 34.8. The lowest BCUT2D eigenvalue weighted by Crippen LogP contribution is -2.64. The lowest BCUT2D eigenvalue weighted by atomic mass is 9.77. The molecule has 3 saturated heterocycles. The molecule has 4 heterocycles. The molecule has 1 aromatic heterocycles. The molecular weight excluding hydrogens is 621 g/mol. The largest absolute Gasteiger partial charge is 0.378 e. The van der Waals surface area contributed by atoms with Crippen LogP contribution in [0.25, 0.3) is 0 Å². The van der Waals surface area contributed by atoms with E-state index < -0.39 is 0 Å². The molecule has 3 aliphatic heterocycles. The van der Waals surface area contributed by atoms with Crippen molar-refractivity contribution in [3.63, 3.8) is 0 Å². The van der Waals surface area contributed by atoms with Crippen molar-refractivity contribution in [3.8, 4) is 0 Å². The Labute approximate surface area is 307 Å². The second-order valence-electron chi connectivity index (χ2n) is 19.1. The molecule has 1 aromatic rings. The number of ether oxygens (including phenoxy) is 1. The number of rotatable bonds is 16. The zero-order chi connectivity index (χ0) is 37.0. The van der Waals surface area contributed by atoms with Crippen molar-refractivity contribution in [3.05, 3.63) is 5.82 Å². The molecule has 2 atom stereocenters. The average molecular weight is 699 g/mol. The Hall–Kier alpha value is -1.55. The Balaban J connectivity index is 1.52. The fourth-order valence-corrected chi connectivity index (χ4v) is 9.36. The number of nitrogens with one attached hydrogen (secondary N) is 2. The predicted molar refractivity (Wildman–Crippen MR) is 212 cm³/mol. The first-order valence-electron chi connectivity index (χ1n) is 20.5. The number of hydrogen-bond donors (Lipinski definition) is 2. The monoisotopic (exact) mass is 699 g/mol. The van der Waals surface area contributed by atoms with Gasteiger partial charge in [-0.15, -0.1) is 0 Å². The van der Waals surface area contributed by atoms with E-state index in [1.807, 2.05) is 0 Å². The van der Waals surface area contributed by atoms with E-state index in [0.717, 1.165) is 82.7 Å². The van der Waals surface area contributed by atoms with Gasteiger partial charge in [0, 0.05) is 65.3 Å². The SMILES string of the molecule is CCC(C)(CC)c1nc(N2CCOCC2)nc(N(CCCCCCN(C2CC(C)(C)NC(C)(C)C2)C(C)(C)CC)C2CC(C)NC(C)(C)C2)n1. The van der Waals surface area contributed by atoms with Gasteiger partial charge in [-0.1, -0.05) is 40.5 Å². The predicted octanol–water partition coefficient (Wildman–Crippen LogP) is 7.87. The molecule has 50 heavy (non-hydrogen) atoms. The summed E-state index contributed by atoms with van der Waals surface area (Å²) in [6, 6.07) is 1.43. The van der Waals surface area contributed by atoms with Crippen LogP contribution in [0.3, 0.4) is 0 Å². The van der Waals surface area contributed by atoms with E-state index in [4.69, 9.17) is 19.7 Å². The summed E-state index contributed by atoms with van der Waals surface area (Å²) in [5, 5.41) is 7.76. The Kier molecular flexibility index (Phi) is 13.7. The summed E-state index contributed by atoms with van der Waals surface area (Å²) in [4.78, 5) is 23.6. The number of aromatic nitrogens is 3. The number of unbranched alkanes of at least 4 members (excludes halogenated alkanes) is 3. The van der Waals surface area contributed by atoms with Crippen LogP contribution in [0.15, 0.2) is 0 Å². The molecule has 0 spiro atoms. The van der Waals surface area contributed by atoms with Crippen LogP contribution < -0.4 is 20.4 Å². The van der Waals surface area contributed by atoms with Crippen LogP contribution >= 0.6 is 0 Å². The number of piperidine rings is 2. The Bertz CT molecular complexity index is 1190. The number of nitrogens with zero attached hydrogens (tertiary/aromatic N) is 6. The molecule has 2 N–H and O–H groups in total. The van der Waals surface area contributed by atoms with Crippen LogP contribution in [0.2, 0.25) is 0 Å². The minimum absolute atomic E-state index is 0.0676. The summed E-state index contributed by atoms with van der Waals surface area (Å²) in [5.41, 5.74) is 0.492. The smallest absolute Gasteiger partial charge is 0.230 e. The first kappa shape index (κ1) is 41.2. The van der Waals surface area contributed by atoms with Gasteiger partial charge in [-0.05, 0) is 127 Å². The van der Waals surface area contributed by atoms with Gasteiger partial charge in [-0.3, -0.25) is 4.90 Å². The van der Waals surface area contributed by atoms with E-state index >= 15 is 0 Å². The van der Waals surface area contributed by atoms with Gasteiger partial charge in [0.1, 0.15) is 5.82 Å². The summed E-state index contributed by atoms with van der Waals surface area (Å²) >= 11 is 0. The molecule has 0 radical (unpaired) electrons. The highest BCUT2D eigenvalue weighted by Crippen LogP contribution is 2.37. The van der Waals surface area contributed by atoms with Crippen molar-refractivity contribution in [1.82, 2.24) is 30.5 Å². The second kappa shape index (κ2) is 16.6. The van der Waals surface area contributed by atoms with E-state index in [9.17, 15) is 0 Å². The topological polar surface area (TPSA) is 81.7 Å². The molecule has 9 nitrogen and oxygen atoms in total. The average Bonchev–Trinajstić information content (AvgIpc) is 3.03. The molecule has 0 saturated carbocycles. The third-order valence-corrected chi connectivity index (χ3v) is 12.5. The van der Waals surface area contributed by atoms with Crippen LogP contribution in [0.5, 0.6) is 0 Å². The molecule has 9 heteroatoms. The lowest BCUT2D eigenvalue weighted by molar-refractivity contribution is 0.00175. The van der Waals surface area contributed by atoms with Gasteiger partial charge >= 0.3 is 0 Å². The van der Waals surface area contributed by atoms with Crippen molar-refractivity contribution in [1.29, 1.82) is 0 Å². The number of anilines is 2. The molecule has 0 bridgehead atoms. The van der Waals surface area contributed by atoms with E-state index in [-0.39, 0.29) is 27.6 Å². The minimum Gasteiger partial charge on any atom is -0.378 e. The fraction of sp³-hybridized carbons (Fsp3) is 0.927. The van der Waals surface area contributed by atoms with Crippen LogP contribution in [-0.2, 0) is 10.2 Å². The molecule has 3 aliphatic rings. The van der Waals surface area contributed by atoms with E-state index in [1.165, 1.54) is 45.1 Å². The van der Waals surface area contributed by atoms with Gasteiger partial charge in [-0.25, -0.2) is 0 Å². The maximum atomic E-state index is 5.71. The van der Waals surface area contributed by atoms with Crippen molar-refractivity contribution in [2.75, 3.05) is 49.2 Å². The summed E-state index contributed by atoms with van der Waals surface area (Å²) in [6.45, 7) is 36.0. The first-order valence-corrected chi connectivity index (χ1v) is 20.5. The lowest BCUT2D eigenvalue weighted by Gasteiger charge is -2.53. The summed E-state index contributed by atoms with van der Waals surface area (Å²) in [6.07, 6.45) is 12.6. The van der Waals surface area contributed by atoms with Gasteiger partial charge in [-0.2, -0.15) is 15.0 Å². The van der Waals surface area contributed by atoms with Crippen molar-refractivity contribution < 1.29 is 4.74 Å². The summed E-state index contributed by atoms with van der Waals surface area (Å²) < 4.78 is 5.71. The third kappa shape index (κ3) is 10.8. The molecule has 2 unspecified atom stereocenters. The van der Waals surface area contributed by atoms with Crippen molar-refractivity contribution in [2.24, 2.45) is 0 Å². The van der Waals surface area contributed by atoms with Crippen molar-refractivity contribution in [2.45, 2.75) is 206 Å². The van der Waals surface area contributed by atoms with E-state index in [2.05, 4.69) is 115 Å². The molecule has 3 fully saturated rings. The van der Waals surface area contributed by atoms with Crippen molar-refractivity contribution >= 4 is 11.9 Å².